The second-order valence-electron chi connectivity index (χ2n) is 25.8. The topological polar surface area (TPSA) is 89.7 Å². The van der Waals surface area contributed by atoms with Crippen molar-refractivity contribution in [3.63, 3.8) is 0 Å². The molecule has 10 nitrogen and oxygen atoms in total. The third-order valence-electron chi connectivity index (χ3n) is 19.3. The monoisotopic (exact) mass is 1290 g/mol. The first-order valence-corrected chi connectivity index (χ1v) is 33.4. The second kappa shape index (κ2) is 24.5. The van der Waals surface area contributed by atoms with Gasteiger partial charge in [-0.25, -0.2) is 19.9 Å². The molecule has 6 aromatic heterocycles. The van der Waals surface area contributed by atoms with Crippen LogP contribution < -0.4 is 5.46 Å². The lowest BCUT2D eigenvalue weighted by atomic mass is 9.78. The number of halogens is 1. The minimum atomic E-state index is -0.401. The van der Waals surface area contributed by atoms with Gasteiger partial charge in [0.05, 0.1) is 66.7 Å². The lowest BCUT2D eigenvalue weighted by Gasteiger charge is -2.32. The zero-order valence-corrected chi connectivity index (χ0v) is 55.1. The van der Waals surface area contributed by atoms with Crippen LogP contribution in [0.3, 0.4) is 0 Å². The van der Waals surface area contributed by atoms with Crippen molar-refractivity contribution in [3.05, 3.63) is 321 Å². The lowest BCUT2D eigenvalue weighted by Crippen LogP contribution is -2.41. The summed E-state index contributed by atoms with van der Waals surface area (Å²) in [6.45, 7) is 8.39. The van der Waals surface area contributed by atoms with E-state index in [4.69, 9.17) is 30.9 Å². The maximum absolute atomic E-state index is 6.40. The molecule has 0 unspecified atom stereocenters. The summed E-state index contributed by atoms with van der Waals surface area (Å²) in [7, 11) is -0.401. The van der Waals surface area contributed by atoms with Crippen LogP contribution in [0.2, 0.25) is 5.28 Å². The Morgan fingerprint density at radius 2 is 0.714 bits per heavy atom. The van der Waals surface area contributed by atoms with Gasteiger partial charge in [0.15, 0.2) is 5.82 Å². The minimum Gasteiger partial charge on any atom is -0.399 e. The van der Waals surface area contributed by atoms with E-state index in [1.54, 1.807) is 0 Å². The normalized spacial score (nSPS) is 13.4. The Balaban J connectivity index is 0.000000120. The number of hydrogen-bond donors (Lipinski definition) is 0. The highest BCUT2D eigenvalue weighted by Crippen LogP contribution is 2.42. The van der Waals surface area contributed by atoms with Crippen LogP contribution in [0.4, 0.5) is 0 Å². The minimum absolute atomic E-state index is 0.280. The molecule has 1 saturated heterocycles. The average Bonchev–Trinajstić information content (AvgIpc) is 1.58. The van der Waals surface area contributed by atoms with Crippen LogP contribution in [0.25, 0.3) is 144 Å². The molecule has 19 rings (SSSR count). The molecule has 98 heavy (non-hydrogen) atoms. The molecule has 7 heterocycles. The molecule has 0 radical (unpaired) electrons. The van der Waals surface area contributed by atoms with Gasteiger partial charge in [-0.15, -0.1) is 0 Å². The molecular weight excluding hydrogens is 1220 g/mol. The van der Waals surface area contributed by atoms with Gasteiger partial charge < -0.3 is 27.6 Å². The summed E-state index contributed by atoms with van der Waals surface area (Å²) in [5.74, 6) is 0.721. The Bertz CT molecular complexity index is 6000. The fraction of sp³-hybridized carbons (Fsp3) is 0.0698. The van der Waals surface area contributed by atoms with Crippen molar-refractivity contribution in [3.8, 4) is 56.7 Å². The predicted molar refractivity (Wildman–Crippen MR) is 405 cm³/mol. The SMILES string of the molecule is CC1(C)OB(c2ccc3c(c2)c2cc4c(ccn4-c4ccccc4)cc2n3-c2ccccc2)OC1(C)C.Clc1nc(-c2ccccc2)c2ccccc2n1.c1ccc(-c2nc(-c3ccc4c(c3)c3cc5c(ccn5-c5ccccc5)cc3n4-c3ccccc3)nc3ccccc23)cc1. The highest BCUT2D eigenvalue weighted by Gasteiger charge is 2.51. The van der Waals surface area contributed by atoms with Crippen LogP contribution in [0, 0.1) is 0 Å². The Hall–Kier alpha value is -11.7. The molecule has 0 bridgehead atoms. The van der Waals surface area contributed by atoms with Crippen LogP contribution >= 0.6 is 11.6 Å². The van der Waals surface area contributed by atoms with E-state index in [0.29, 0.717) is 0 Å². The number of rotatable bonds is 8. The van der Waals surface area contributed by atoms with Crippen molar-refractivity contribution in [2.45, 2.75) is 38.9 Å². The molecule has 470 valence electrons. The second-order valence-corrected chi connectivity index (χ2v) is 26.2. The van der Waals surface area contributed by atoms with Gasteiger partial charge in [0, 0.05) is 94.9 Å². The highest BCUT2D eigenvalue weighted by atomic mass is 35.5. The van der Waals surface area contributed by atoms with Crippen molar-refractivity contribution >= 4 is 111 Å². The largest absolute Gasteiger partial charge is 0.494 e. The van der Waals surface area contributed by atoms with E-state index in [1.165, 1.54) is 59.9 Å². The molecule has 0 atom stereocenters. The van der Waals surface area contributed by atoms with E-state index in [-0.39, 0.29) is 16.5 Å². The van der Waals surface area contributed by atoms with Crippen molar-refractivity contribution in [1.29, 1.82) is 0 Å². The van der Waals surface area contributed by atoms with Crippen LogP contribution in [-0.2, 0) is 9.31 Å². The lowest BCUT2D eigenvalue weighted by molar-refractivity contribution is 0.00578. The van der Waals surface area contributed by atoms with E-state index >= 15 is 0 Å². The summed E-state index contributed by atoms with van der Waals surface area (Å²) in [5, 5.41) is 9.52. The predicted octanol–water partition coefficient (Wildman–Crippen LogP) is 21.0. The first-order chi connectivity index (χ1) is 48.0. The maximum Gasteiger partial charge on any atom is 0.494 e. The number of hydrogen-bond acceptors (Lipinski definition) is 6. The number of para-hydroxylation sites is 6. The van der Waals surface area contributed by atoms with Crippen LogP contribution in [0.5, 0.6) is 0 Å². The molecule has 12 aromatic carbocycles. The van der Waals surface area contributed by atoms with Crippen LogP contribution in [0.15, 0.2) is 316 Å². The number of nitrogens with zero attached hydrogens (tertiary/aromatic N) is 8. The van der Waals surface area contributed by atoms with Gasteiger partial charge in [-0.3, -0.25) is 0 Å². The van der Waals surface area contributed by atoms with Gasteiger partial charge in [0.1, 0.15) is 0 Å². The molecular formula is C86H64BClN8O2. The van der Waals surface area contributed by atoms with Crippen molar-refractivity contribution in [2.24, 2.45) is 0 Å². The fourth-order valence-corrected chi connectivity index (χ4v) is 14.0. The molecule has 12 heteroatoms. The number of benzene rings is 12. The summed E-state index contributed by atoms with van der Waals surface area (Å²) in [5.41, 5.74) is 18.6. The van der Waals surface area contributed by atoms with Gasteiger partial charge in [0.2, 0.25) is 5.28 Å². The number of aromatic nitrogens is 8. The fourth-order valence-electron chi connectivity index (χ4n) is 13.8. The molecule has 1 fully saturated rings. The van der Waals surface area contributed by atoms with Crippen LogP contribution in [-0.4, -0.2) is 56.5 Å². The smallest absolute Gasteiger partial charge is 0.399 e. The molecule has 0 amide bonds. The Morgan fingerprint density at radius 1 is 0.316 bits per heavy atom. The van der Waals surface area contributed by atoms with Gasteiger partial charge in [-0.1, -0.05) is 182 Å². The molecule has 18 aromatic rings. The highest BCUT2D eigenvalue weighted by molar-refractivity contribution is 6.62. The summed E-state index contributed by atoms with van der Waals surface area (Å²) in [6, 6.07) is 106. The van der Waals surface area contributed by atoms with Crippen molar-refractivity contribution < 1.29 is 9.31 Å². The van der Waals surface area contributed by atoms with E-state index in [2.05, 4.69) is 299 Å². The average molecular weight is 1290 g/mol. The summed E-state index contributed by atoms with van der Waals surface area (Å²) in [6.07, 6.45) is 4.32. The summed E-state index contributed by atoms with van der Waals surface area (Å²) in [4.78, 5) is 18.8. The Kier molecular flexibility index (Phi) is 15.0. The van der Waals surface area contributed by atoms with E-state index in [1.807, 2.05) is 72.8 Å². The molecule has 1 aliphatic heterocycles. The van der Waals surface area contributed by atoms with Gasteiger partial charge >= 0.3 is 7.12 Å². The third-order valence-corrected chi connectivity index (χ3v) is 19.5. The van der Waals surface area contributed by atoms with E-state index < -0.39 is 7.12 Å². The summed E-state index contributed by atoms with van der Waals surface area (Å²) >= 11 is 5.95. The Morgan fingerprint density at radius 3 is 1.20 bits per heavy atom. The standard InChI is InChI=1S/C40H26N4.C32H29BN2O2.C14H9ClN2/c1-4-12-27(13-5-1)39-32-18-10-11-19-35(32)41-40(42-39)29-20-21-36-33(24-29)34-26-37-28(22-23-43(37)30-14-6-2-7-15-30)25-38(34)44(36)31-16-8-3-9-17-31;1-31(2)32(3,4)37-33(36-31)23-15-16-28-26(20-23)27-21-29-22(17-18-34(29)24-11-7-5-8-12-24)19-30(27)35(28)25-13-9-6-10-14-25;15-14-16-12-9-5-4-8-11(12)13(17-14)10-6-2-1-3-7-10/h1-26H;5-21H,1-4H3;1-9H. The molecule has 1 aliphatic rings. The van der Waals surface area contributed by atoms with E-state index in [9.17, 15) is 0 Å². The zero-order valence-electron chi connectivity index (χ0n) is 54.4. The Labute approximate surface area is 572 Å². The van der Waals surface area contributed by atoms with Gasteiger partial charge in [-0.05, 0) is 166 Å². The summed E-state index contributed by atoms with van der Waals surface area (Å²) < 4.78 is 22.1. The van der Waals surface area contributed by atoms with Crippen molar-refractivity contribution in [2.75, 3.05) is 0 Å². The molecule has 0 saturated carbocycles. The molecule has 0 aliphatic carbocycles. The third kappa shape index (κ3) is 10.7. The van der Waals surface area contributed by atoms with Gasteiger partial charge in [0.25, 0.3) is 0 Å². The number of fused-ring (bicyclic) bond motifs is 10. The van der Waals surface area contributed by atoms with Crippen LogP contribution in [0.1, 0.15) is 27.7 Å². The van der Waals surface area contributed by atoms with Crippen molar-refractivity contribution in [1.82, 2.24) is 38.2 Å². The zero-order chi connectivity index (χ0) is 66.1. The maximum atomic E-state index is 6.40. The first kappa shape index (κ1) is 60.0. The van der Waals surface area contributed by atoms with E-state index in [0.717, 1.165) is 89.4 Å². The first-order valence-electron chi connectivity index (χ1n) is 33.0. The molecule has 0 N–H and O–H groups in total. The molecule has 0 spiro atoms. The van der Waals surface area contributed by atoms with Gasteiger partial charge in [-0.2, -0.15) is 0 Å². The quantitative estimate of drug-likeness (QED) is 0.111.